The van der Waals surface area contributed by atoms with E-state index < -0.39 is 10.0 Å². The molecule has 1 N–H and O–H groups in total. The Morgan fingerprint density at radius 3 is 2.40 bits per heavy atom. The largest absolute Gasteiger partial charge is 0.283 e. The van der Waals surface area contributed by atoms with Gasteiger partial charge in [-0.05, 0) is 46.7 Å². The average Bonchev–Trinajstić information content (AvgIpc) is 2.53. The van der Waals surface area contributed by atoms with Gasteiger partial charge in [0.05, 0.1) is 11.4 Å². The molecular weight excluding hydrogens is 337 g/mol. The molecule has 0 aliphatic carbocycles. The molecule has 0 aromatic heterocycles. The van der Waals surface area contributed by atoms with Crippen LogP contribution >= 0.6 is 0 Å². The van der Waals surface area contributed by atoms with Crippen LogP contribution in [0.2, 0.25) is 0 Å². The van der Waals surface area contributed by atoms with Gasteiger partial charge < -0.3 is 0 Å². The van der Waals surface area contributed by atoms with Crippen LogP contribution in [0.15, 0.2) is 60.7 Å². The highest BCUT2D eigenvalue weighted by molar-refractivity contribution is 7.92. The van der Waals surface area contributed by atoms with Crippen LogP contribution in [0.4, 0.5) is 10.1 Å². The van der Waals surface area contributed by atoms with Gasteiger partial charge in [-0.1, -0.05) is 50.2 Å². The van der Waals surface area contributed by atoms with E-state index in [4.69, 9.17) is 0 Å². The quantitative estimate of drug-likeness (QED) is 0.695. The highest BCUT2D eigenvalue weighted by Gasteiger charge is 2.14. The van der Waals surface area contributed by atoms with Crippen LogP contribution in [0.3, 0.4) is 0 Å². The number of halogens is 1. The number of nitrogens with one attached hydrogen (secondary N) is 1. The fraction of sp³-hybridized carbons (Fsp3) is 0.200. The molecule has 130 valence electrons. The first-order chi connectivity index (χ1) is 11.8. The Labute approximate surface area is 147 Å². The molecule has 0 fully saturated rings. The SMILES string of the molecule is CC(C)CS(=O)(=O)Nc1cccc2ccc(-c3cccc(F)c3)cc12. The molecule has 3 aromatic rings. The molecule has 0 saturated carbocycles. The minimum absolute atomic E-state index is 0.0373. The number of benzene rings is 3. The molecule has 0 saturated heterocycles. The van der Waals surface area contributed by atoms with Gasteiger partial charge in [-0.15, -0.1) is 0 Å². The van der Waals surface area contributed by atoms with Crippen molar-refractivity contribution in [3.8, 4) is 11.1 Å². The molecule has 3 rings (SSSR count). The monoisotopic (exact) mass is 357 g/mol. The number of sulfonamides is 1. The summed E-state index contributed by atoms with van der Waals surface area (Å²) in [5, 5.41) is 1.71. The maximum absolute atomic E-state index is 13.5. The molecular formula is C20H20FNO2S. The summed E-state index contributed by atoms with van der Waals surface area (Å²) in [6.45, 7) is 3.73. The smallest absolute Gasteiger partial charge is 0.232 e. The van der Waals surface area contributed by atoms with Crippen molar-refractivity contribution >= 4 is 26.5 Å². The lowest BCUT2D eigenvalue weighted by atomic mass is 10.0. The third-order valence-electron chi connectivity index (χ3n) is 3.86. The second kappa shape index (κ2) is 6.84. The van der Waals surface area contributed by atoms with E-state index in [9.17, 15) is 12.8 Å². The molecule has 0 aliphatic heterocycles. The van der Waals surface area contributed by atoms with Crippen LogP contribution < -0.4 is 4.72 Å². The van der Waals surface area contributed by atoms with Gasteiger partial charge in [-0.2, -0.15) is 0 Å². The van der Waals surface area contributed by atoms with Gasteiger partial charge in [0.1, 0.15) is 5.82 Å². The van der Waals surface area contributed by atoms with Crippen molar-refractivity contribution in [2.45, 2.75) is 13.8 Å². The zero-order valence-electron chi connectivity index (χ0n) is 14.2. The average molecular weight is 357 g/mol. The molecule has 5 heteroatoms. The molecule has 0 spiro atoms. The Balaban J connectivity index is 2.06. The van der Waals surface area contributed by atoms with Crippen LogP contribution in [0.25, 0.3) is 21.9 Å². The topological polar surface area (TPSA) is 46.2 Å². The van der Waals surface area contributed by atoms with E-state index in [1.165, 1.54) is 12.1 Å². The minimum Gasteiger partial charge on any atom is -0.283 e. The zero-order valence-corrected chi connectivity index (χ0v) is 15.0. The van der Waals surface area contributed by atoms with Crippen LogP contribution in [-0.4, -0.2) is 14.2 Å². The summed E-state index contributed by atoms with van der Waals surface area (Å²) < 4.78 is 40.8. The zero-order chi connectivity index (χ0) is 18.0. The lowest BCUT2D eigenvalue weighted by Gasteiger charge is -2.13. The normalized spacial score (nSPS) is 11.8. The van der Waals surface area contributed by atoms with Crippen LogP contribution in [0.1, 0.15) is 13.8 Å². The highest BCUT2D eigenvalue weighted by atomic mass is 32.2. The van der Waals surface area contributed by atoms with Gasteiger partial charge in [0.25, 0.3) is 0 Å². The number of hydrogen-bond donors (Lipinski definition) is 1. The van der Waals surface area contributed by atoms with E-state index in [0.29, 0.717) is 5.69 Å². The molecule has 0 bridgehead atoms. The van der Waals surface area contributed by atoms with E-state index in [-0.39, 0.29) is 17.5 Å². The van der Waals surface area contributed by atoms with Crippen molar-refractivity contribution in [1.82, 2.24) is 0 Å². The van der Waals surface area contributed by atoms with E-state index in [2.05, 4.69) is 4.72 Å². The lowest BCUT2D eigenvalue weighted by molar-refractivity contribution is 0.587. The van der Waals surface area contributed by atoms with Crippen molar-refractivity contribution in [3.05, 3.63) is 66.5 Å². The molecule has 3 nitrogen and oxygen atoms in total. The Morgan fingerprint density at radius 2 is 1.68 bits per heavy atom. The van der Waals surface area contributed by atoms with Gasteiger partial charge >= 0.3 is 0 Å². The van der Waals surface area contributed by atoms with Crippen LogP contribution in [-0.2, 0) is 10.0 Å². The predicted octanol–water partition coefficient (Wildman–Crippen LogP) is 5.04. The summed E-state index contributed by atoms with van der Waals surface area (Å²) in [5.41, 5.74) is 2.13. The predicted molar refractivity (Wildman–Crippen MR) is 102 cm³/mol. The first-order valence-corrected chi connectivity index (χ1v) is 9.78. The summed E-state index contributed by atoms with van der Waals surface area (Å²) in [6.07, 6.45) is 0. The maximum Gasteiger partial charge on any atom is 0.232 e. The summed E-state index contributed by atoms with van der Waals surface area (Å²) in [4.78, 5) is 0. The summed E-state index contributed by atoms with van der Waals surface area (Å²) in [7, 11) is -3.42. The first kappa shape index (κ1) is 17.4. The Bertz CT molecular complexity index is 1010. The Kier molecular flexibility index (Phi) is 4.77. The van der Waals surface area contributed by atoms with E-state index >= 15 is 0 Å². The highest BCUT2D eigenvalue weighted by Crippen LogP contribution is 2.30. The third-order valence-corrected chi connectivity index (χ3v) is 5.49. The molecule has 0 atom stereocenters. The van der Waals surface area contributed by atoms with Crippen LogP contribution in [0.5, 0.6) is 0 Å². The van der Waals surface area contributed by atoms with Crippen LogP contribution in [0, 0.1) is 11.7 Å². The second-order valence-corrected chi connectivity index (χ2v) is 8.30. The van der Waals surface area contributed by atoms with E-state index in [1.54, 1.807) is 12.1 Å². The Hall–Kier alpha value is -2.40. The summed E-state index contributed by atoms with van der Waals surface area (Å²) in [5.74, 6) is -0.202. The van der Waals surface area contributed by atoms with Crippen molar-refractivity contribution in [1.29, 1.82) is 0 Å². The molecule has 25 heavy (non-hydrogen) atoms. The minimum atomic E-state index is -3.42. The third kappa shape index (κ3) is 4.17. The number of anilines is 1. The number of rotatable bonds is 5. The molecule has 0 heterocycles. The van der Waals surface area contributed by atoms with E-state index in [0.717, 1.165) is 21.9 Å². The van der Waals surface area contributed by atoms with Gasteiger partial charge in [0.2, 0.25) is 10.0 Å². The molecule has 3 aromatic carbocycles. The van der Waals surface area contributed by atoms with Crippen molar-refractivity contribution in [3.63, 3.8) is 0 Å². The molecule has 0 aliphatic rings. The fourth-order valence-corrected chi connectivity index (χ4v) is 4.33. The second-order valence-electron chi connectivity index (χ2n) is 6.53. The molecule has 0 amide bonds. The standard InChI is InChI=1S/C20H20FNO2S/c1-14(2)13-25(23,24)22-20-8-4-5-15-9-10-17(12-19(15)20)16-6-3-7-18(21)11-16/h3-12,14,22H,13H2,1-2H3. The summed E-state index contributed by atoms with van der Waals surface area (Å²) >= 11 is 0. The van der Waals surface area contributed by atoms with Gasteiger partial charge in [0, 0.05) is 5.39 Å². The van der Waals surface area contributed by atoms with Gasteiger partial charge in [0.15, 0.2) is 0 Å². The first-order valence-electron chi connectivity index (χ1n) is 8.13. The van der Waals surface area contributed by atoms with Gasteiger partial charge in [-0.25, -0.2) is 12.8 Å². The Morgan fingerprint density at radius 1 is 0.960 bits per heavy atom. The van der Waals surface area contributed by atoms with Crippen molar-refractivity contribution in [2.24, 2.45) is 5.92 Å². The molecule has 0 radical (unpaired) electrons. The van der Waals surface area contributed by atoms with E-state index in [1.807, 2.05) is 50.2 Å². The number of hydrogen-bond acceptors (Lipinski definition) is 2. The fourth-order valence-electron chi connectivity index (χ4n) is 2.86. The number of fused-ring (bicyclic) bond motifs is 1. The van der Waals surface area contributed by atoms with Crippen molar-refractivity contribution < 1.29 is 12.8 Å². The van der Waals surface area contributed by atoms with Gasteiger partial charge in [-0.3, -0.25) is 4.72 Å². The lowest BCUT2D eigenvalue weighted by Crippen LogP contribution is -2.20. The maximum atomic E-state index is 13.5. The molecule has 0 unspecified atom stereocenters. The summed E-state index contributed by atoms with van der Waals surface area (Å²) in [6, 6.07) is 17.5. The van der Waals surface area contributed by atoms with Crippen molar-refractivity contribution in [2.75, 3.05) is 10.5 Å².